The minimum Gasteiger partial charge on any atom is -0.303 e. The van der Waals surface area contributed by atoms with Crippen molar-refractivity contribution in [1.82, 2.24) is 4.57 Å². The first-order valence-corrected chi connectivity index (χ1v) is 13.4. The SMILES string of the molecule is CCS(=O)c1cc(-c2ccc(-c3cc(C(F)(F)F)c(C#N)c(=O)n3Cc3ccc(F)cc3F)cc2)cc(C(F)(F)F)c1. The quantitative estimate of drug-likeness (QED) is 0.212. The summed E-state index contributed by atoms with van der Waals surface area (Å²) in [6.07, 6.45) is -9.85. The van der Waals surface area contributed by atoms with Crippen LogP contribution in [0.3, 0.4) is 0 Å². The Morgan fingerprint density at radius 3 is 2.02 bits per heavy atom. The molecule has 0 spiro atoms. The van der Waals surface area contributed by atoms with Crippen LogP contribution in [-0.2, 0) is 29.7 Å². The van der Waals surface area contributed by atoms with Crippen molar-refractivity contribution in [3.8, 4) is 28.5 Å². The summed E-state index contributed by atoms with van der Waals surface area (Å²) in [4.78, 5) is 13.0. The minimum absolute atomic E-state index is 0.0160. The van der Waals surface area contributed by atoms with E-state index in [4.69, 9.17) is 0 Å². The summed E-state index contributed by atoms with van der Waals surface area (Å²) in [5.74, 6) is -1.94. The molecular formula is C29H18F8N2O2S. The van der Waals surface area contributed by atoms with Crippen LogP contribution in [0.1, 0.15) is 29.2 Å². The summed E-state index contributed by atoms with van der Waals surface area (Å²) in [6, 6.07) is 12.2. The molecule has 0 aliphatic heterocycles. The van der Waals surface area contributed by atoms with Crippen LogP contribution in [0, 0.1) is 23.0 Å². The van der Waals surface area contributed by atoms with Crippen molar-refractivity contribution in [2.75, 3.05) is 5.75 Å². The predicted molar refractivity (Wildman–Crippen MR) is 139 cm³/mol. The van der Waals surface area contributed by atoms with Gasteiger partial charge in [-0.15, -0.1) is 0 Å². The lowest BCUT2D eigenvalue weighted by atomic mass is 9.99. The Kier molecular flexibility index (Phi) is 8.41. The van der Waals surface area contributed by atoms with E-state index in [1.54, 1.807) is 0 Å². The topological polar surface area (TPSA) is 62.9 Å². The van der Waals surface area contributed by atoms with Gasteiger partial charge in [-0.3, -0.25) is 9.00 Å². The lowest BCUT2D eigenvalue weighted by Crippen LogP contribution is -2.29. The van der Waals surface area contributed by atoms with Gasteiger partial charge in [-0.25, -0.2) is 8.78 Å². The Labute approximate surface area is 235 Å². The fraction of sp³-hybridized carbons (Fsp3) is 0.172. The maximum Gasteiger partial charge on any atom is 0.417 e. The van der Waals surface area contributed by atoms with Crippen LogP contribution in [-0.4, -0.2) is 14.5 Å². The molecule has 3 aromatic carbocycles. The lowest BCUT2D eigenvalue weighted by molar-refractivity contribution is -0.138. The van der Waals surface area contributed by atoms with E-state index in [-0.39, 0.29) is 38.6 Å². The molecule has 0 radical (unpaired) electrons. The molecule has 1 heterocycles. The number of benzene rings is 3. The number of alkyl halides is 6. The van der Waals surface area contributed by atoms with Crippen LogP contribution in [0.25, 0.3) is 22.4 Å². The highest BCUT2D eigenvalue weighted by Crippen LogP contribution is 2.37. The molecule has 0 aliphatic rings. The van der Waals surface area contributed by atoms with Gasteiger partial charge in [0, 0.05) is 22.3 Å². The van der Waals surface area contributed by atoms with E-state index in [0.29, 0.717) is 12.1 Å². The first-order valence-electron chi connectivity index (χ1n) is 12.0. The zero-order chi connectivity index (χ0) is 31.0. The maximum absolute atomic E-state index is 14.4. The molecule has 0 N–H and O–H groups in total. The lowest BCUT2D eigenvalue weighted by Gasteiger charge is -2.18. The Bertz CT molecular complexity index is 1790. The fourth-order valence-corrected chi connectivity index (χ4v) is 5.11. The van der Waals surface area contributed by atoms with Crippen LogP contribution in [0.5, 0.6) is 0 Å². The van der Waals surface area contributed by atoms with Gasteiger partial charge in [0.2, 0.25) is 0 Å². The fourth-order valence-electron chi connectivity index (χ4n) is 4.26. The molecule has 0 saturated heterocycles. The van der Waals surface area contributed by atoms with E-state index in [1.165, 1.54) is 43.3 Å². The monoisotopic (exact) mass is 610 g/mol. The highest BCUT2D eigenvalue weighted by molar-refractivity contribution is 7.85. The molecule has 218 valence electrons. The molecule has 4 nitrogen and oxygen atoms in total. The Hall–Kier alpha value is -4.31. The molecule has 0 saturated carbocycles. The van der Waals surface area contributed by atoms with Gasteiger partial charge in [0.1, 0.15) is 23.3 Å². The van der Waals surface area contributed by atoms with Crippen molar-refractivity contribution in [2.45, 2.75) is 30.7 Å². The van der Waals surface area contributed by atoms with Crippen LogP contribution >= 0.6 is 0 Å². The summed E-state index contributed by atoms with van der Waals surface area (Å²) in [5.41, 5.74) is -5.59. The molecule has 42 heavy (non-hydrogen) atoms. The molecule has 1 atom stereocenters. The average molecular weight is 611 g/mol. The Morgan fingerprint density at radius 2 is 1.48 bits per heavy atom. The molecular weight excluding hydrogens is 592 g/mol. The minimum atomic E-state index is -5.11. The number of hydrogen-bond acceptors (Lipinski definition) is 3. The Morgan fingerprint density at radius 1 is 0.833 bits per heavy atom. The van der Waals surface area contributed by atoms with E-state index < -0.39 is 63.6 Å². The van der Waals surface area contributed by atoms with Gasteiger partial charge in [0.05, 0.1) is 34.2 Å². The molecule has 0 aliphatic carbocycles. The second-order valence-electron chi connectivity index (χ2n) is 9.01. The van der Waals surface area contributed by atoms with Gasteiger partial charge >= 0.3 is 12.4 Å². The molecule has 4 aromatic rings. The first kappa shape index (κ1) is 30.6. The second-order valence-corrected chi connectivity index (χ2v) is 10.8. The summed E-state index contributed by atoms with van der Waals surface area (Å²) in [6.45, 7) is 0.879. The zero-order valence-electron chi connectivity index (χ0n) is 21.4. The van der Waals surface area contributed by atoms with Crippen LogP contribution in [0.4, 0.5) is 35.1 Å². The molecule has 0 amide bonds. The smallest absolute Gasteiger partial charge is 0.303 e. The summed E-state index contributed by atoms with van der Waals surface area (Å²) in [7, 11) is -1.72. The van der Waals surface area contributed by atoms with Gasteiger partial charge in [0.15, 0.2) is 0 Å². The molecule has 0 fully saturated rings. The van der Waals surface area contributed by atoms with Crippen LogP contribution in [0.2, 0.25) is 0 Å². The molecule has 1 aromatic heterocycles. The van der Waals surface area contributed by atoms with Gasteiger partial charge in [-0.2, -0.15) is 31.6 Å². The van der Waals surface area contributed by atoms with E-state index in [2.05, 4.69) is 0 Å². The van der Waals surface area contributed by atoms with E-state index in [1.807, 2.05) is 0 Å². The molecule has 4 rings (SSSR count). The third-order valence-electron chi connectivity index (χ3n) is 6.33. The molecule has 13 heteroatoms. The number of hydrogen-bond donors (Lipinski definition) is 0. The van der Waals surface area contributed by atoms with E-state index in [9.17, 15) is 49.4 Å². The van der Waals surface area contributed by atoms with Gasteiger partial charge < -0.3 is 4.57 Å². The largest absolute Gasteiger partial charge is 0.417 e. The van der Waals surface area contributed by atoms with Crippen molar-refractivity contribution < 1.29 is 39.3 Å². The van der Waals surface area contributed by atoms with Crippen molar-refractivity contribution in [3.05, 3.63) is 111 Å². The van der Waals surface area contributed by atoms with Crippen molar-refractivity contribution in [1.29, 1.82) is 5.26 Å². The Balaban J connectivity index is 1.90. The van der Waals surface area contributed by atoms with E-state index >= 15 is 0 Å². The first-order chi connectivity index (χ1) is 19.6. The number of aromatic nitrogens is 1. The predicted octanol–water partition coefficient (Wildman–Crippen LogP) is 7.55. The number of pyridine rings is 1. The van der Waals surface area contributed by atoms with Gasteiger partial charge in [-0.1, -0.05) is 37.3 Å². The number of rotatable bonds is 6. The summed E-state index contributed by atoms with van der Waals surface area (Å²) in [5, 5.41) is 9.34. The number of nitrogens with zero attached hydrogens (tertiary/aromatic N) is 2. The zero-order valence-corrected chi connectivity index (χ0v) is 22.2. The third kappa shape index (κ3) is 6.28. The van der Waals surface area contributed by atoms with Crippen LogP contribution < -0.4 is 5.56 Å². The van der Waals surface area contributed by atoms with Crippen molar-refractivity contribution in [3.63, 3.8) is 0 Å². The number of nitriles is 1. The summed E-state index contributed by atoms with van der Waals surface area (Å²) >= 11 is 0. The maximum atomic E-state index is 14.4. The second kappa shape index (κ2) is 11.5. The van der Waals surface area contributed by atoms with Crippen molar-refractivity contribution in [2.24, 2.45) is 0 Å². The average Bonchev–Trinajstić information content (AvgIpc) is 2.93. The molecule has 0 bridgehead atoms. The number of halogens is 8. The normalized spacial score (nSPS) is 12.7. The van der Waals surface area contributed by atoms with Crippen LogP contribution in [0.15, 0.2) is 76.4 Å². The molecule has 1 unspecified atom stereocenters. The highest BCUT2D eigenvalue weighted by atomic mass is 32.2. The van der Waals surface area contributed by atoms with Gasteiger partial charge in [-0.05, 0) is 47.0 Å². The third-order valence-corrected chi connectivity index (χ3v) is 7.62. The standard InChI is InChI=1S/C29H18F8N2O2S/c1-2-42(41)22-10-19(9-20(11-22)28(32,33)34)16-3-5-17(6-4-16)26-13-24(29(35,36)37)23(14-38)27(40)39(26)15-18-7-8-21(30)12-25(18)31/h3-13H,2,15H2,1H3. The van der Waals surface area contributed by atoms with E-state index in [0.717, 1.165) is 28.8 Å². The summed E-state index contributed by atoms with van der Waals surface area (Å²) < 4.78 is 123. The highest BCUT2D eigenvalue weighted by Gasteiger charge is 2.37. The van der Waals surface area contributed by atoms with Gasteiger partial charge in [0.25, 0.3) is 5.56 Å². The van der Waals surface area contributed by atoms with Crippen molar-refractivity contribution >= 4 is 10.8 Å².